The molecular weight excluding hydrogens is 230 g/mol. The average Bonchev–Trinajstić information content (AvgIpc) is 2.70. The smallest absolute Gasteiger partial charge is 0.116 e. The lowest BCUT2D eigenvalue weighted by molar-refractivity contribution is 0.298. The van der Waals surface area contributed by atoms with Crippen molar-refractivity contribution in [1.29, 1.82) is 0 Å². The fraction of sp³-hybridized carbons (Fsp3) is 0.214. The number of aromatic nitrogens is 1. The van der Waals surface area contributed by atoms with Crippen molar-refractivity contribution < 1.29 is 5.11 Å². The van der Waals surface area contributed by atoms with Gasteiger partial charge in [-0.3, -0.25) is 0 Å². The standard InChI is InChI=1S/C14H15NOS/c1-11-13(9-10-16)15-14(17-11)8-7-12-5-3-2-4-6-12/h2-8,16H,9-10H2,1H3/b8-7+. The van der Waals surface area contributed by atoms with Crippen molar-refractivity contribution in [3.8, 4) is 0 Å². The van der Waals surface area contributed by atoms with Crippen LogP contribution in [-0.2, 0) is 6.42 Å². The summed E-state index contributed by atoms with van der Waals surface area (Å²) in [5.74, 6) is 0. The first-order valence-electron chi connectivity index (χ1n) is 5.60. The molecule has 0 spiro atoms. The van der Waals surface area contributed by atoms with Gasteiger partial charge < -0.3 is 5.11 Å². The summed E-state index contributed by atoms with van der Waals surface area (Å²) in [6, 6.07) is 10.2. The molecule has 88 valence electrons. The van der Waals surface area contributed by atoms with E-state index in [4.69, 9.17) is 5.11 Å². The van der Waals surface area contributed by atoms with E-state index < -0.39 is 0 Å². The van der Waals surface area contributed by atoms with Crippen LogP contribution < -0.4 is 0 Å². The molecule has 0 aliphatic rings. The van der Waals surface area contributed by atoms with Gasteiger partial charge in [0.15, 0.2) is 0 Å². The van der Waals surface area contributed by atoms with E-state index in [1.165, 1.54) is 10.4 Å². The zero-order valence-electron chi connectivity index (χ0n) is 9.76. The van der Waals surface area contributed by atoms with E-state index in [0.29, 0.717) is 6.42 Å². The molecule has 0 fully saturated rings. The zero-order valence-corrected chi connectivity index (χ0v) is 10.6. The van der Waals surface area contributed by atoms with Gasteiger partial charge in [-0.15, -0.1) is 11.3 Å². The van der Waals surface area contributed by atoms with Crippen LogP contribution in [0.5, 0.6) is 0 Å². The van der Waals surface area contributed by atoms with Crippen LogP contribution in [0.25, 0.3) is 12.2 Å². The average molecular weight is 245 g/mol. The van der Waals surface area contributed by atoms with Crippen molar-refractivity contribution in [3.63, 3.8) is 0 Å². The van der Waals surface area contributed by atoms with Crippen molar-refractivity contribution in [2.24, 2.45) is 0 Å². The molecule has 0 bridgehead atoms. The fourth-order valence-corrected chi connectivity index (χ4v) is 2.46. The molecule has 2 aromatic rings. The normalized spacial score (nSPS) is 11.2. The number of hydrogen-bond donors (Lipinski definition) is 1. The molecular formula is C14H15NOS. The minimum Gasteiger partial charge on any atom is -0.396 e. The molecule has 17 heavy (non-hydrogen) atoms. The molecule has 1 aromatic heterocycles. The van der Waals surface area contributed by atoms with Gasteiger partial charge in [0.05, 0.1) is 5.69 Å². The van der Waals surface area contributed by atoms with Gasteiger partial charge in [-0.05, 0) is 18.6 Å². The Balaban J connectivity index is 2.14. The number of rotatable bonds is 4. The highest BCUT2D eigenvalue weighted by molar-refractivity contribution is 7.12. The van der Waals surface area contributed by atoms with Crippen LogP contribution in [0.4, 0.5) is 0 Å². The third kappa shape index (κ3) is 3.25. The molecule has 0 unspecified atom stereocenters. The van der Waals surface area contributed by atoms with Crippen LogP contribution >= 0.6 is 11.3 Å². The second-order valence-corrected chi connectivity index (χ2v) is 5.01. The van der Waals surface area contributed by atoms with Crippen LogP contribution in [0, 0.1) is 6.92 Å². The van der Waals surface area contributed by atoms with E-state index in [-0.39, 0.29) is 6.61 Å². The quantitative estimate of drug-likeness (QED) is 0.897. The summed E-state index contributed by atoms with van der Waals surface area (Å²) in [6.07, 6.45) is 4.72. The van der Waals surface area contributed by atoms with Gasteiger partial charge in [-0.25, -0.2) is 4.98 Å². The first-order chi connectivity index (χ1) is 8.29. The third-order valence-corrected chi connectivity index (χ3v) is 3.45. The van der Waals surface area contributed by atoms with Crippen LogP contribution in [0.15, 0.2) is 30.3 Å². The molecule has 1 aromatic carbocycles. The fourth-order valence-electron chi connectivity index (χ4n) is 1.59. The van der Waals surface area contributed by atoms with Gasteiger partial charge in [0.25, 0.3) is 0 Å². The molecule has 0 atom stereocenters. The monoisotopic (exact) mass is 245 g/mol. The topological polar surface area (TPSA) is 33.1 Å². The molecule has 1 N–H and O–H groups in total. The molecule has 2 nitrogen and oxygen atoms in total. The number of aliphatic hydroxyl groups excluding tert-OH is 1. The predicted molar refractivity (Wildman–Crippen MR) is 73.0 cm³/mol. The number of aliphatic hydroxyl groups is 1. The molecule has 0 saturated heterocycles. The highest BCUT2D eigenvalue weighted by Crippen LogP contribution is 2.20. The Morgan fingerprint density at radius 3 is 2.71 bits per heavy atom. The third-order valence-electron chi connectivity index (χ3n) is 2.48. The van der Waals surface area contributed by atoms with Gasteiger partial charge >= 0.3 is 0 Å². The van der Waals surface area contributed by atoms with Crippen LogP contribution in [0.3, 0.4) is 0 Å². The molecule has 0 aliphatic heterocycles. The van der Waals surface area contributed by atoms with Crippen molar-refractivity contribution in [2.45, 2.75) is 13.3 Å². The number of benzene rings is 1. The molecule has 0 saturated carbocycles. The van der Waals surface area contributed by atoms with Gasteiger partial charge in [-0.2, -0.15) is 0 Å². The highest BCUT2D eigenvalue weighted by Gasteiger charge is 2.04. The lowest BCUT2D eigenvalue weighted by Gasteiger charge is -1.91. The highest BCUT2D eigenvalue weighted by atomic mass is 32.1. The van der Waals surface area contributed by atoms with Crippen LogP contribution in [0.1, 0.15) is 21.1 Å². The van der Waals surface area contributed by atoms with E-state index in [2.05, 4.69) is 23.2 Å². The molecule has 0 aliphatic carbocycles. The second-order valence-electron chi connectivity index (χ2n) is 3.77. The van der Waals surface area contributed by atoms with E-state index in [0.717, 1.165) is 10.7 Å². The Morgan fingerprint density at radius 2 is 2.00 bits per heavy atom. The van der Waals surface area contributed by atoms with E-state index in [9.17, 15) is 0 Å². The molecule has 0 radical (unpaired) electrons. The number of nitrogens with zero attached hydrogens (tertiary/aromatic N) is 1. The van der Waals surface area contributed by atoms with Gasteiger partial charge in [-0.1, -0.05) is 36.4 Å². The van der Waals surface area contributed by atoms with Gasteiger partial charge in [0.1, 0.15) is 5.01 Å². The van der Waals surface area contributed by atoms with Gasteiger partial charge in [0, 0.05) is 17.9 Å². The maximum Gasteiger partial charge on any atom is 0.116 e. The molecule has 0 amide bonds. The minimum absolute atomic E-state index is 0.159. The lowest BCUT2D eigenvalue weighted by atomic mass is 10.2. The Hall–Kier alpha value is -1.45. The molecule has 2 rings (SSSR count). The molecule has 3 heteroatoms. The summed E-state index contributed by atoms with van der Waals surface area (Å²) < 4.78 is 0. The number of aryl methyl sites for hydroxylation is 1. The summed E-state index contributed by atoms with van der Waals surface area (Å²) in [5.41, 5.74) is 2.18. The Bertz CT molecular complexity index is 502. The summed E-state index contributed by atoms with van der Waals surface area (Å²) in [4.78, 5) is 5.67. The van der Waals surface area contributed by atoms with Crippen LogP contribution in [-0.4, -0.2) is 16.7 Å². The van der Waals surface area contributed by atoms with Crippen molar-refractivity contribution in [1.82, 2.24) is 4.98 Å². The largest absolute Gasteiger partial charge is 0.396 e. The number of thiazole rings is 1. The molecule has 1 heterocycles. The zero-order chi connectivity index (χ0) is 12.1. The van der Waals surface area contributed by atoms with Crippen molar-refractivity contribution >= 4 is 23.5 Å². The SMILES string of the molecule is Cc1sc(/C=C/c2ccccc2)nc1CCO. The number of hydrogen-bond acceptors (Lipinski definition) is 3. The first-order valence-corrected chi connectivity index (χ1v) is 6.41. The lowest BCUT2D eigenvalue weighted by Crippen LogP contribution is -1.92. The summed E-state index contributed by atoms with van der Waals surface area (Å²) in [7, 11) is 0. The van der Waals surface area contributed by atoms with E-state index in [1.807, 2.05) is 31.2 Å². The van der Waals surface area contributed by atoms with Gasteiger partial charge in [0.2, 0.25) is 0 Å². The first kappa shape index (κ1) is 12.0. The van der Waals surface area contributed by atoms with E-state index in [1.54, 1.807) is 11.3 Å². The second kappa shape index (κ2) is 5.75. The minimum atomic E-state index is 0.159. The van der Waals surface area contributed by atoms with Crippen molar-refractivity contribution in [3.05, 3.63) is 51.5 Å². The summed E-state index contributed by atoms with van der Waals surface area (Å²) >= 11 is 1.66. The summed E-state index contributed by atoms with van der Waals surface area (Å²) in [5, 5.41) is 9.90. The Morgan fingerprint density at radius 1 is 1.24 bits per heavy atom. The Labute approximate surface area is 105 Å². The Kier molecular flexibility index (Phi) is 4.07. The van der Waals surface area contributed by atoms with E-state index >= 15 is 0 Å². The summed E-state index contributed by atoms with van der Waals surface area (Å²) in [6.45, 7) is 2.20. The predicted octanol–water partition coefficient (Wildman–Crippen LogP) is 3.16. The maximum atomic E-state index is 8.91. The maximum absolute atomic E-state index is 8.91. The van der Waals surface area contributed by atoms with Crippen LogP contribution in [0.2, 0.25) is 0 Å². The van der Waals surface area contributed by atoms with Crippen molar-refractivity contribution in [2.75, 3.05) is 6.61 Å².